The van der Waals surface area contributed by atoms with Crippen LogP contribution >= 0.6 is 0 Å². The molecule has 0 aliphatic carbocycles. The van der Waals surface area contributed by atoms with Crippen LogP contribution in [0, 0.1) is 0 Å². The summed E-state index contributed by atoms with van der Waals surface area (Å²) in [6.07, 6.45) is 1.65. The lowest BCUT2D eigenvalue weighted by Gasteiger charge is -2.10. The molecule has 1 heterocycles. The van der Waals surface area contributed by atoms with Crippen molar-refractivity contribution in [2.24, 2.45) is 0 Å². The molecule has 0 aliphatic rings. The van der Waals surface area contributed by atoms with Crippen LogP contribution in [0.3, 0.4) is 0 Å². The SMILES string of the molecule is O=S(=O)(NCc1cccc(Oc2ccccn2)c1)c1ccc2ccccc2c1. The van der Waals surface area contributed by atoms with E-state index in [-0.39, 0.29) is 11.4 Å². The molecule has 0 amide bonds. The lowest BCUT2D eigenvalue weighted by atomic mass is 10.1. The zero-order chi connectivity index (χ0) is 19.4. The fraction of sp³-hybridized carbons (Fsp3) is 0.0455. The molecule has 1 aromatic heterocycles. The molecule has 4 rings (SSSR count). The van der Waals surface area contributed by atoms with Crippen molar-refractivity contribution in [2.75, 3.05) is 0 Å². The fourth-order valence-corrected chi connectivity index (χ4v) is 3.90. The van der Waals surface area contributed by atoms with Crippen molar-refractivity contribution in [3.05, 3.63) is 96.7 Å². The summed E-state index contributed by atoms with van der Waals surface area (Å²) in [5.74, 6) is 1.08. The standard InChI is InChI=1S/C22H18N2O3S/c25-28(26,21-12-11-18-7-1-2-8-19(18)15-21)24-16-17-6-5-9-20(14-17)27-22-10-3-4-13-23-22/h1-15,24H,16H2. The van der Waals surface area contributed by atoms with Crippen molar-refractivity contribution < 1.29 is 13.2 Å². The van der Waals surface area contributed by atoms with Crippen molar-refractivity contribution in [3.63, 3.8) is 0 Å². The molecule has 28 heavy (non-hydrogen) atoms. The Kier molecular flexibility index (Phi) is 5.06. The molecule has 140 valence electrons. The Hall–Kier alpha value is -3.22. The average molecular weight is 390 g/mol. The van der Waals surface area contributed by atoms with Gasteiger partial charge < -0.3 is 4.74 Å². The molecule has 0 spiro atoms. The number of sulfonamides is 1. The minimum atomic E-state index is -3.62. The van der Waals surface area contributed by atoms with E-state index in [4.69, 9.17) is 4.74 Å². The van der Waals surface area contributed by atoms with E-state index in [1.54, 1.807) is 36.5 Å². The summed E-state index contributed by atoms with van der Waals surface area (Å²) in [5, 5.41) is 1.89. The third-order valence-corrected chi connectivity index (χ3v) is 5.66. The van der Waals surface area contributed by atoms with Crippen molar-refractivity contribution in [2.45, 2.75) is 11.4 Å². The number of rotatable bonds is 6. The predicted molar refractivity (Wildman–Crippen MR) is 109 cm³/mol. The van der Waals surface area contributed by atoms with Crippen LogP contribution in [0.1, 0.15) is 5.56 Å². The largest absolute Gasteiger partial charge is 0.439 e. The first kappa shape index (κ1) is 18.2. The van der Waals surface area contributed by atoms with Gasteiger partial charge >= 0.3 is 0 Å². The van der Waals surface area contributed by atoms with Crippen molar-refractivity contribution >= 4 is 20.8 Å². The average Bonchev–Trinajstić information content (AvgIpc) is 2.73. The molecule has 0 unspecified atom stereocenters. The molecule has 0 fully saturated rings. The van der Waals surface area contributed by atoms with E-state index in [2.05, 4.69) is 9.71 Å². The first-order chi connectivity index (χ1) is 13.6. The summed E-state index contributed by atoms with van der Waals surface area (Å²) >= 11 is 0. The zero-order valence-electron chi connectivity index (χ0n) is 14.9. The maximum absolute atomic E-state index is 12.7. The Balaban J connectivity index is 1.49. The maximum Gasteiger partial charge on any atom is 0.240 e. The van der Waals surface area contributed by atoms with E-state index in [1.165, 1.54) is 0 Å². The van der Waals surface area contributed by atoms with Crippen LogP contribution in [0.4, 0.5) is 0 Å². The zero-order valence-corrected chi connectivity index (χ0v) is 15.8. The smallest absolute Gasteiger partial charge is 0.240 e. The van der Waals surface area contributed by atoms with Gasteiger partial charge in [-0.25, -0.2) is 18.1 Å². The normalized spacial score (nSPS) is 11.4. The Labute approximate surface area is 163 Å². The lowest BCUT2D eigenvalue weighted by Crippen LogP contribution is -2.23. The Morgan fingerprint density at radius 3 is 2.46 bits per heavy atom. The second-order valence-corrected chi connectivity index (χ2v) is 8.02. The van der Waals surface area contributed by atoms with Crippen LogP contribution in [0.5, 0.6) is 11.6 Å². The van der Waals surface area contributed by atoms with Crippen molar-refractivity contribution in [1.82, 2.24) is 9.71 Å². The number of hydrogen-bond acceptors (Lipinski definition) is 4. The van der Waals surface area contributed by atoms with E-state index >= 15 is 0 Å². The van der Waals surface area contributed by atoms with E-state index in [9.17, 15) is 8.42 Å². The van der Waals surface area contributed by atoms with Gasteiger partial charge in [-0.3, -0.25) is 0 Å². The Morgan fingerprint density at radius 1 is 0.821 bits per heavy atom. The van der Waals surface area contributed by atoms with E-state index in [0.29, 0.717) is 11.6 Å². The second-order valence-electron chi connectivity index (χ2n) is 6.25. The van der Waals surface area contributed by atoms with Gasteiger partial charge in [0.15, 0.2) is 0 Å². The number of hydrogen-bond donors (Lipinski definition) is 1. The molecule has 3 aromatic carbocycles. The van der Waals surface area contributed by atoms with Gasteiger partial charge in [-0.1, -0.05) is 48.5 Å². The first-order valence-electron chi connectivity index (χ1n) is 8.76. The molecule has 0 bridgehead atoms. The predicted octanol–water partition coefficient (Wildman–Crippen LogP) is 4.51. The van der Waals surface area contributed by atoms with E-state index in [0.717, 1.165) is 16.3 Å². The summed E-state index contributed by atoms with van der Waals surface area (Å²) in [7, 11) is -3.62. The monoisotopic (exact) mass is 390 g/mol. The molecule has 5 nitrogen and oxygen atoms in total. The van der Waals surface area contributed by atoms with Gasteiger partial charge in [0.25, 0.3) is 0 Å². The number of ether oxygens (including phenoxy) is 1. The van der Waals surface area contributed by atoms with Crippen LogP contribution in [-0.2, 0) is 16.6 Å². The fourth-order valence-electron chi connectivity index (χ4n) is 2.84. The van der Waals surface area contributed by atoms with Crippen LogP contribution in [0.25, 0.3) is 10.8 Å². The summed E-state index contributed by atoms with van der Waals surface area (Å²) in [5.41, 5.74) is 0.790. The summed E-state index contributed by atoms with van der Waals surface area (Å²) in [6.45, 7) is 0.161. The molecule has 0 radical (unpaired) electrons. The van der Waals surface area contributed by atoms with Gasteiger partial charge in [0.2, 0.25) is 15.9 Å². The van der Waals surface area contributed by atoms with Crippen LogP contribution in [-0.4, -0.2) is 13.4 Å². The maximum atomic E-state index is 12.7. The van der Waals surface area contributed by atoms with Crippen LogP contribution < -0.4 is 9.46 Å². The van der Waals surface area contributed by atoms with Crippen LogP contribution in [0.15, 0.2) is 96.0 Å². The van der Waals surface area contributed by atoms with Gasteiger partial charge in [-0.15, -0.1) is 0 Å². The highest BCUT2D eigenvalue weighted by atomic mass is 32.2. The number of fused-ring (bicyclic) bond motifs is 1. The minimum Gasteiger partial charge on any atom is -0.439 e. The molecule has 0 aliphatic heterocycles. The summed E-state index contributed by atoms with van der Waals surface area (Å²) in [4.78, 5) is 4.36. The van der Waals surface area contributed by atoms with Crippen molar-refractivity contribution in [1.29, 1.82) is 0 Å². The molecule has 0 saturated carbocycles. The number of pyridine rings is 1. The molecule has 1 N–H and O–H groups in total. The Bertz CT molecular complexity index is 1210. The van der Waals surface area contributed by atoms with Gasteiger partial charge in [0.05, 0.1) is 4.90 Å². The third-order valence-electron chi connectivity index (χ3n) is 4.26. The summed E-state index contributed by atoms with van der Waals surface area (Å²) < 4.78 is 33.7. The summed E-state index contributed by atoms with van der Waals surface area (Å²) in [6, 6.07) is 25.4. The van der Waals surface area contributed by atoms with Gasteiger partial charge in [-0.2, -0.15) is 0 Å². The highest BCUT2D eigenvalue weighted by molar-refractivity contribution is 7.89. The molecule has 6 heteroatoms. The third kappa shape index (κ3) is 4.19. The molecular formula is C22H18N2O3S. The number of aromatic nitrogens is 1. The van der Waals surface area contributed by atoms with Gasteiger partial charge in [0.1, 0.15) is 5.75 Å². The first-order valence-corrected chi connectivity index (χ1v) is 10.2. The highest BCUT2D eigenvalue weighted by Crippen LogP contribution is 2.21. The molecule has 4 aromatic rings. The quantitative estimate of drug-likeness (QED) is 0.526. The number of nitrogens with zero attached hydrogens (tertiary/aromatic N) is 1. The topological polar surface area (TPSA) is 68.3 Å². The van der Waals surface area contributed by atoms with Crippen LogP contribution in [0.2, 0.25) is 0 Å². The van der Waals surface area contributed by atoms with E-state index < -0.39 is 10.0 Å². The second kappa shape index (κ2) is 7.80. The Morgan fingerprint density at radius 2 is 1.64 bits per heavy atom. The molecule has 0 saturated heterocycles. The van der Waals surface area contributed by atoms with Crippen molar-refractivity contribution in [3.8, 4) is 11.6 Å². The highest BCUT2D eigenvalue weighted by Gasteiger charge is 2.14. The van der Waals surface area contributed by atoms with Gasteiger partial charge in [0, 0.05) is 18.8 Å². The molecule has 0 atom stereocenters. The van der Waals surface area contributed by atoms with E-state index in [1.807, 2.05) is 54.6 Å². The molecular weight excluding hydrogens is 372 g/mol. The number of benzene rings is 3. The lowest BCUT2D eigenvalue weighted by molar-refractivity contribution is 0.462. The number of nitrogens with one attached hydrogen (secondary N) is 1. The minimum absolute atomic E-state index is 0.161. The van der Waals surface area contributed by atoms with Gasteiger partial charge in [-0.05, 0) is 46.7 Å².